The average molecular weight is 285 g/mol. The van der Waals surface area contributed by atoms with Gasteiger partial charge in [0.1, 0.15) is 0 Å². The van der Waals surface area contributed by atoms with Crippen molar-refractivity contribution in [2.24, 2.45) is 0 Å². The Morgan fingerprint density at radius 1 is 1.29 bits per heavy atom. The van der Waals surface area contributed by atoms with Gasteiger partial charge in [-0.25, -0.2) is 0 Å². The van der Waals surface area contributed by atoms with Crippen molar-refractivity contribution in [2.45, 2.75) is 39.5 Å². The second-order valence-corrected chi connectivity index (χ2v) is 5.88. The molecule has 0 bridgehead atoms. The van der Waals surface area contributed by atoms with Crippen molar-refractivity contribution in [1.82, 2.24) is 4.98 Å². The Balaban J connectivity index is 2.05. The molecule has 4 nitrogen and oxygen atoms in total. The normalized spacial score (nSPS) is 14.9. The van der Waals surface area contributed by atoms with Gasteiger partial charge < -0.3 is 15.2 Å². The number of hydrogen-bond donors (Lipinski definition) is 2. The number of H-pyrrole nitrogens is 1. The molecule has 2 N–H and O–H groups in total. The van der Waals surface area contributed by atoms with Gasteiger partial charge in [0.05, 0.1) is 11.4 Å². The van der Waals surface area contributed by atoms with Crippen molar-refractivity contribution in [3.63, 3.8) is 0 Å². The number of aryl methyl sites for hydroxylation is 1. The molecule has 4 heteroatoms. The minimum atomic E-state index is -0.0184. The maximum Gasteiger partial charge on any atom is 0.221 e. The summed E-state index contributed by atoms with van der Waals surface area (Å²) in [6, 6.07) is 6.51. The number of hydrogen-bond acceptors (Lipinski definition) is 2. The molecule has 1 aliphatic heterocycles. The zero-order valence-electron chi connectivity index (χ0n) is 12.8. The fraction of sp³-hybridized carbons (Fsp3) is 0.471. The lowest BCUT2D eigenvalue weighted by Gasteiger charge is -2.21. The van der Waals surface area contributed by atoms with Crippen LogP contribution in [0, 0.1) is 0 Å². The van der Waals surface area contributed by atoms with Crippen LogP contribution in [0.15, 0.2) is 18.2 Å². The fourth-order valence-electron chi connectivity index (χ4n) is 3.14. The zero-order valence-corrected chi connectivity index (χ0v) is 12.8. The largest absolute Gasteiger partial charge is 0.370 e. The van der Waals surface area contributed by atoms with E-state index in [-0.39, 0.29) is 5.91 Å². The van der Waals surface area contributed by atoms with E-state index in [1.165, 1.54) is 23.9 Å². The van der Waals surface area contributed by atoms with E-state index >= 15 is 0 Å². The molecule has 0 atom stereocenters. The van der Waals surface area contributed by atoms with Gasteiger partial charge >= 0.3 is 0 Å². The summed E-state index contributed by atoms with van der Waals surface area (Å²) >= 11 is 0. The lowest BCUT2D eigenvalue weighted by molar-refractivity contribution is -0.114. The van der Waals surface area contributed by atoms with Crippen molar-refractivity contribution in [1.29, 1.82) is 0 Å². The van der Waals surface area contributed by atoms with Crippen LogP contribution in [0.4, 0.5) is 11.4 Å². The maximum atomic E-state index is 11.5. The number of carbonyl (C=O) groups is 1. The first kappa shape index (κ1) is 14.0. The van der Waals surface area contributed by atoms with Gasteiger partial charge in [-0.1, -0.05) is 13.3 Å². The molecule has 0 saturated carbocycles. The molecule has 2 aromatic rings. The van der Waals surface area contributed by atoms with Gasteiger partial charge in [0.2, 0.25) is 5.91 Å². The lowest BCUT2D eigenvalue weighted by atomic mass is 10.1. The summed E-state index contributed by atoms with van der Waals surface area (Å²) in [5.41, 5.74) is 4.43. The second kappa shape index (κ2) is 5.80. The highest BCUT2D eigenvalue weighted by Crippen LogP contribution is 2.33. The number of anilines is 2. The third-order valence-electron chi connectivity index (χ3n) is 4.07. The highest BCUT2D eigenvalue weighted by Gasteiger charge is 2.18. The van der Waals surface area contributed by atoms with Crippen LogP contribution in [-0.2, 0) is 11.2 Å². The van der Waals surface area contributed by atoms with Crippen molar-refractivity contribution in [3.8, 4) is 0 Å². The molecule has 0 unspecified atom stereocenters. The van der Waals surface area contributed by atoms with Crippen LogP contribution < -0.4 is 10.2 Å². The van der Waals surface area contributed by atoms with Crippen LogP contribution in [0.2, 0.25) is 0 Å². The smallest absolute Gasteiger partial charge is 0.221 e. The maximum absolute atomic E-state index is 11.5. The monoisotopic (exact) mass is 285 g/mol. The first-order valence-corrected chi connectivity index (χ1v) is 7.85. The minimum absolute atomic E-state index is 0.0184. The molecule has 0 spiro atoms. The van der Waals surface area contributed by atoms with Gasteiger partial charge in [-0.3, -0.25) is 4.79 Å². The Hall–Kier alpha value is -1.97. The minimum Gasteiger partial charge on any atom is -0.370 e. The number of carbonyl (C=O) groups excluding carboxylic acids is 1. The average Bonchev–Trinajstić information content (AvgIpc) is 3.05. The summed E-state index contributed by atoms with van der Waals surface area (Å²) in [5.74, 6) is -0.0184. The fourth-order valence-corrected chi connectivity index (χ4v) is 3.14. The van der Waals surface area contributed by atoms with E-state index in [2.05, 4.69) is 40.3 Å². The standard InChI is InChI=1S/C17H23N3O/c1-3-6-14-9-13-10-17(20-7-4-5-8-20)16(18-12(2)21)11-15(13)19-14/h9-11,19H,3-8H2,1-2H3,(H,18,21). The zero-order chi connectivity index (χ0) is 14.8. The molecule has 1 fully saturated rings. The topological polar surface area (TPSA) is 48.1 Å². The van der Waals surface area contributed by atoms with Crippen molar-refractivity contribution >= 4 is 28.2 Å². The molecule has 112 valence electrons. The molecule has 1 aromatic heterocycles. The Labute approximate surface area is 125 Å². The molecule has 0 aliphatic carbocycles. The van der Waals surface area contributed by atoms with Gasteiger partial charge in [0.25, 0.3) is 0 Å². The van der Waals surface area contributed by atoms with Crippen LogP contribution in [0.1, 0.15) is 38.8 Å². The molecular formula is C17H23N3O. The number of nitrogens with one attached hydrogen (secondary N) is 2. The van der Waals surface area contributed by atoms with Gasteiger partial charge in [0, 0.05) is 36.6 Å². The van der Waals surface area contributed by atoms with Crippen LogP contribution >= 0.6 is 0 Å². The molecule has 0 radical (unpaired) electrons. The summed E-state index contributed by atoms with van der Waals surface area (Å²) in [6.07, 6.45) is 4.64. The Morgan fingerprint density at radius 2 is 2.05 bits per heavy atom. The third-order valence-corrected chi connectivity index (χ3v) is 4.07. The Morgan fingerprint density at radius 3 is 2.71 bits per heavy atom. The van der Waals surface area contributed by atoms with Crippen LogP contribution in [0.3, 0.4) is 0 Å². The number of fused-ring (bicyclic) bond motifs is 1. The highest BCUT2D eigenvalue weighted by molar-refractivity contribution is 5.98. The second-order valence-electron chi connectivity index (χ2n) is 5.88. The molecule has 1 saturated heterocycles. The van der Waals surface area contributed by atoms with Crippen LogP contribution in [0.25, 0.3) is 10.9 Å². The molecule has 3 rings (SSSR count). The Kier molecular flexibility index (Phi) is 3.86. The van der Waals surface area contributed by atoms with Gasteiger partial charge in [-0.2, -0.15) is 0 Å². The summed E-state index contributed by atoms with van der Waals surface area (Å²) in [4.78, 5) is 17.3. The lowest BCUT2D eigenvalue weighted by Crippen LogP contribution is -2.20. The van der Waals surface area contributed by atoms with Crippen LogP contribution in [0.5, 0.6) is 0 Å². The summed E-state index contributed by atoms with van der Waals surface area (Å²) in [7, 11) is 0. The van der Waals surface area contributed by atoms with E-state index in [0.29, 0.717) is 0 Å². The third kappa shape index (κ3) is 2.89. The van der Waals surface area contributed by atoms with Gasteiger partial charge in [0.15, 0.2) is 0 Å². The number of benzene rings is 1. The van der Waals surface area contributed by atoms with Crippen molar-refractivity contribution in [3.05, 3.63) is 23.9 Å². The number of nitrogens with zero attached hydrogens (tertiary/aromatic N) is 1. The molecular weight excluding hydrogens is 262 g/mol. The van der Waals surface area contributed by atoms with Crippen molar-refractivity contribution < 1.29 is 4.79 Å². The molecule has 21 heavy (non-hydrogen) atoms. The molecule has 1 aromatic carbocycles. The van der Waals surface area contributed by atoms with Gasteiger partial charge in [-0.05, 0) is 37.5 Å². The van der Waals surface area contributed by atoms with E-state index in [4.69, 9.17) is 0 Å². The van der Waals surface area contributed by atoms with Crippen molar-refractivity contribution in [2.75, 3.05) is 23.3 Å². The Bertz CT molecular complexity index is 653. The summed E-state index contributed by atoms with van der Waals surface area (Å²) in [6.45, 7) is 5.90. The number of rotatable bonds is 4. The first-order valence-electron chi connectivity index (χ1n) is 7.85. The predicted octanol–water partition coefficient (Wildman–Crippen LogP) is 3.68. The van der Waals surface area contributed by atoms with Crippen LogP contribution in [-0.4, -0.2) is 24.0 Å². The van der Waals surface area contributed by atoms with Gasteiger partial charge in [-0.15, -0.1) is 0 Å². The molecule has 2 heterocycles. The number of aromatic amines is 1. The SMILES string of the molecule is CCCc1cc2cc(N3CCCC3)c(NC(C)=O)cc2[nH]1. The van der Waals surface area contributed by atoms with E-state index < -0.39 is 0 Å². The first-order chi connectivity index (χ1) is 10.2. The molecule has 1 amide bonds. The summed E-state index contributed by atoms with van der Waals surface area (Å²) < 4.78 is 0. The van der Waals surface area contributed by atoms with E-state index in [1.807, 2.05) is 0 Å². The predicted molar refractivity (Wildman–Crippen MR) is 88.0 cm³/mol. The summed E-state index contributed by atoms with van der Waals surface area (Å²) in [5, 5.41) is 4.21. The van der Waals surface area contributed by atoms with E-state index in [0.717, 1.165) is 42.8 Å². The van der Waals surface area contributed by atoms with E-state index in [1.54, 1.807) is 6.92 Å². The quantitative estimate of drug-likeness (QED) is 0.900. The molecule has 1 aliphatic rings. The number of amides is 1. The highest BCUT2D eigenvalue weighted by atomic mass is 16.1. The van der Waals surface area contributed by atoms with E-state index in [9.17, 15) is 4.79 Å². The number of aromatic nitrogens is 1.